The Morgan fingerprint density at radius 3 is 3.00 bits per heavy atom. The number of terminal acetylenes is 1. The zero-order chi connectivity index (χ0) is 12.8. The van der Waals surface area contributed by atoms with E-state index in [0.29, 0.717) is 5.75 Å². The van der Waals surface area contributed by atoms with Crippen molar-refractivity contribution in [3.63, 3.8) is 0 Å². The number of carbonyl (C=O) groups excluding carboxylic acids is 1. The second kappa shape index (κ2) is 6.26. The van der Waals surface area contributed by atoms with E-state index in [9.17, 15) is 9.18 Å². The Bertz CT molecular complexity index is 456. The molecule has 0 aliphatic rings. The third-order valence-electron chi connectivity index (χ3n) is 1.94. The van der Waals surface area contributed by atoms with Crippen LogP contribution in [-0.4, -0.2) is 18.6 Å². The molecule has 17 heavy (non-hydrogen) atoms. The monoisotopic (exact) mass is 299 g/mol. The van der Waals surface area contributed by atoms with E-state index in [0.717, 1.165) is 0 Å². The van der Waals surface area contributed by atoms with Gasteiger partial charge in [0.1, 0.15) is 11.6 Å². The number of carbonyl (C=O) groups is 1. The molecule has 0 saturated heterocycles. The van der Waals surface area contributed by atoms with Crippen molar-refractivity contribution in [3.8, 4) is 18.1 Å². The highest BCUT2D eigenvalue weighted by Gasteiger charge is 2.14. The van der Waals surface area contributed by atoms with E-state index in [4.69, 9.17) is 11.2 Å². The molecule has 0 saturated carbocycles. The minimum absolute atomic E-state index is 0.152. The van der Waals surface area contributed by atoms with Crippen LogP contribution in [0.5, 0.6) is 5.75 Å². The first-order valence-corrected chi connectivity index (χ1v) is 5.66. The van der Waals surface area contributed by atoms with Crippen molar-refractivity contribution in [3.05, 3.63) is 28.5 Å². The molecule has 0 aromatic heterocycles. The molecule has 5 heteroatoms. The van der Waals surface area contributed by atoms with Gasteiger partial charge < -0.3 is 10.1 Å². The van der Waals surface area contributed by atoms with Gasteiger partial charge in [0.15, 0.2) is 6.10 Å². The number of halogens is 2. The Balaban J connectivity index is 2.62. The average molecular weight is 300 g/mol. The van der Waals surface area contributed by atoms with E-state index in [1.165, 1.54) is 18.2 Å². The van der Waals surface area contributed by atoms with Gasteiger partial charge in [0.2, 0.25) is 0 Å². The van der Waals surface area contributed by atoms with Crippen LogP contribution in [-0.2, 0) is 4.79 Å². The van der Waals surface area contributed by atoms with Gasteiger partial charge in [0.25, 0.3) is 5.91 Å². The largest absolute Gasteiger partial charge is 0.481 e. The van der Waals surface area contributed by atoms with Crippen LogP contribution in [0.15, 0.2) is 22.7 Å². The molecule has 0 heterocycles. The standard InChI is InChI=1S/C12H11BrFNO2/c1-3-6-15-12(16)8(2)17-9-4-5-11(14)10(13)7-9/h1,4-5,7-8H,6H2,2H3,(H,15,16). The van der Waals surface area contributed by atoms with Gasteiger partial charge in [-0.15, -0.1) is 6.42 Å². The zero-order valence-electron chi connectivity index (χ0n) is 9.17. The van der Waals surface area contributed by atoms with Crippen molar-refractivity contribution in [1.29, 1.82) is 0 Å². The summed E-state index contributed by atoms with van der Waals surface area (Å²) in [7, 11) is 0. The molecule has 0 bridgehead atoms. The van der Waals surface area contributed by atoms with Gasteiger partial charge >= 0.3 is 0 Å². The molecule has 1 atom stereocenters. The molecule has 0 fully saturated rings. The number of rotatable bonds is 4. The molecule has 1 aromatic rings. The maximum absolute atomic E-state index is 13.0. The molecule has 1 rings (SSSR count). The van der Waals surface area contributed by atoms with Gasteiger partial charge in [-0.2, -0.15) is 0 Å². The van der Waals surface area contributed by atoms with Crippen molar-refractivity contribution >= 4 is 21.8 Å². The minimum Gasteiger partial charge on any atom is -0.481 e. The van der Waals surface area contributed by atoms with Crippen molar-refractivity contribution in [2.45, 2.75) is 13.0 Å². The average Bonchev–Trinajstić information content (AvgIpc) is 2.30. The lowest BCUT2D eigenvalue weighted by Gasteiger charge is -2.14. The molecule has 1 aromatic carbocycles. The molecule has 1 N–H and O–H groups in total. The quantitative estimate of drug-likeness (QED) is 0.865. The first kappa shape index (κ1) is 13.5. The predicted molar refractivity (Wildman–Crippen MR) is 66.0 cm³/mol. The van der Waals surface area contributed by atoms with Gasteiger partial charge in [0.05, 0.1) is 11.0 Å². The van der Waals surface area contributed by atoms with E-state index in [-0.39, 0.29) is 22.7 Å². The van der Waals surface area contributed by atoms with Crippen LogP contribution in [0.2, 0.25) is 0 Å². The fourth-order valence-electron chi connectivity index (χ4n) is 1.09. The third-order valence-corrected chi connectivity index (χ3v) is 2.55. The SMILES string of the molecule is C#CCNC(=O)C(C)Oc1ccc(F)c(Br)c1. The second-order valence-electron chi connectivity index (χ2n) is 3.26. The summed E-state index contributed by atoms with van der Waals surface area (Å²) in [5, 5.41) is 2.49. The van der Waals surface area contributed by atoms with E-state index in [2.05, 4.69) is 27.2 Å². The summed E-state index contributed by atoms with van der Waals surface area (Å²) in [5.41, 5.74) is 0. The fraction of sp³-hybridized carbons (Fsp3) is 0.250. The molecule has 0 spiro atoms. The molecule has 3 nitrogen and oxygen atoms in total. The summed E-state index contributed by atoms with van der Waals surface area (Å²) in [6, 6.07) is 4.16. The highest BCUT2D eigenvalue weighted by Crippen LogP contribution is 2.22. The first-order valence-electron chi connectivity index (χ1n) is 4.87. The number of ether oxygens (including phenoxy) is 1. The molecule has 1 unspecified atom stereocenters. The molecule has 1 amide bonds. The number of hydrogen-bond donors (Lipinski definition) is 1. The van der Waals surface area contributed by atoms with Gasteiger partial charge in [0, 0.05) is 0 Å². The maximum Gasteiger partial charge on any atom is 0.261 e. The Morgan fingerprint density at radius 1 is 1.71 bits per heavy atom. The summed E-state index contributed by atoms with van der Waals surface area (Å²) in [4.78, 5) is 11.4. The van der Waals surface area contributed by atoms with Crippen LogP contribution in [0.1, 0.15) is 6.92 Å². The van der Waals surface area contributed by atoms with Gasteiger partial charge in [-0.25, -0.2) is 4.39 Å². The van der Waals surface area contributed by atoms with E-state index >= 15 is 0 Å². The lowest BCUT2D eigenvalue weighted by Crippen LogP contribution is -2.36. The van der Waals surface area contributed by atoms with Crippen molar-refractivity contribution in [1.82, 2.24) is 5.32 Å². The summed E-state index contributed by atoms with van der Waals surface area (Å²) in [5.74, 6) is 1.99. The smallest absolute Gasteiger partial charge is 0.261 e. The van der Waals surface area contributed by atoms with E-state index in [1.54, 1.807) is 6.92 Å². The lowest BCUT2D eigenvalue weighted by atomic mass is 10.3. The van der Waals surface area contributed by atoms with Crippen LogP contribution in [0.4, 0.5) is 4.39 Å². The van der Waals surface area contributed by atoms with Gasteiger partial charge in [-0.3, -0.25) is 4.79 Å². The summed E-state index contributed by atoms with van der Waals surface area (Å²) in [6.07, 6.45) is 4.32. The van der Waals surface area contributed by atoms with Crippen molar-refractivity contribution < 1.29 is 13.9 Å². The molecular formula is C12H11BrFNO2. The Labute approximate surface area is 107 Å². The molecule has 0 aliphatic heterocycles. The molecular weight excluding hydrogens is 289 g/mol. The van der Waals surface area contributed by atoms with Crippen LogP contribution in [0, 0.1) is 18.2 Å². The van der Waals surface area contributed by atoms with Crippen molar-refractivity contribution in [2.24, 2.45) is 0 Å². The fourth-order valence-corrected chi connectivity index (χ4v) is 1.45. The topological polar surface area (TPSA) is 38.3 Å². The summed E-state index contributed by atoms with van der Waals surface area (Å²) in [6.45, 7) is 1.74. The van der Waals surface area contributed by atoms with E-state index in [1.807, 2.05) is 0 Å². The van der Waals surface area contributed by atoms with Crippen LogP contribution in [0.3, 0.4) is 0 Å². The van der Waals surface area contributed by atoms with Crippen LogP contribution in [0.25, 0.3) is 0 Å². The number of nitrogens with one attached hydrogen (secondary N) is 1. The number of hydrogen-bond acceptors (Lipinski definition) is 2. The van der Waals surface area contributed by atoms with Crippen molar-refractivity contribution in [2.75, 3.05) is 6.54 Å². The molecule has 0 radical (unpaired) electrons. The van der Waals surface area contributed by atoms with Crippen LogP contribution < -0.4 is 10.1 Å². The van der Waals surface area contributed by atoms with Gasteiger partial charge in [-0.05, 0) is 41.1 Å². The highest BCUT2D eigenvalue weighted by molar-refractivity contribution is 9.10. The predicted octanol–water partition coefficient (Wildman–Crippen LogP) is 2.10. The normalized spacial score (nSPS) is 11.4. The zero-order valence-corrected chi connectivity index (χ0v) is 10.8. The molecule has 90 valence electrons. The Morgan fingerprint density at radius 2 is 2.41 bits per heavy atom. The third kappa shape index (κ3) is 4.08. The Kier molecular flexibility index (Phi) is 4.98. The summed E-state index contributed by atoms with van der Waals surface area (Å²) >= 11 is 3.03. The number of benzene rings is 1. The maximum atomic E-state index is 13.0. The summed E-state index contributed by atoms with van der Waals surface area (Å²) < 4.78 is 18.6. The van der Waals surface area contributed by atoms with Crippen LogP contribution >= 0.6 is 15.9 Å². The van der Waals surface area contributed by atoms with E-state index < -0.39 is 6.10 Å². The number of amides is 1. The Hall–Kier alpha value is -1.54. The molecule has 0 aliphatic carbocycles. The highest BCUT2D eigenvalue weighted by atomic mass is 79.9. The second-order valence-corrected chi connectivity index (χ2v) is 4.11. The first-order chi connectivity index (χ1) is 8.04. The minimum atomic E-state index is -0.694. The van der Waals surface area contributed by atoms with Gasteiger partial charge in [-0.1, -0.05) is 5.92 Å². The lowest BCUT2D eigenvalue weighted by molar-refractivity contribution is -0.126.